The molecule has 26 heavy (non-hydrogen) atoms. The van der Waals surface area contributed by atoms with Crippen molar-refractivity contribution in [2.45, 2.75) is 19.6 Å². The van der Waals surface area contributed by atoms with E-state index in [-0.39, 0.29) is 6.10 Å². The zero-order valence-electron chi connectivity index (χ0n) is 14.7. The molecule has 0 N–H and O–H groups in total. The van der Waals surface area contributed by atoms with Gasteiger partial charge in [0.2, 0.25) is 11.8 Å². The fourth-order valence-corrected chi connectivity index (χ4v) is 2.95. The van der Waals surface area contributed by atoms with Crippen LogP contribution >= 0.6 is 0 Å². The summed E-state index contributed by atoms with van der Waals surface area (Å²) in [5, 5.41) is 8.33. The lowest BCUT2D eigenvalue weighted by Gasteiger charge is -2.30. The Kier molecular flexibility index (Phi) is 4.84. The molecule has 0 bridgehead atoms. The van der Waals surface area contributed by atoms with E-state index in [1.807, 2.05) is 54.6 Å². The highest BCUT2D eigenvalue weighted by Gasteiger charge is 2.23. The largest absolute Gasteiger partial charge is 0.486 e. The first-order valence-corrected chi connectivity index (χ1v) is 8.80. The Labute approximate surface area is 152 Å². The fraction of sp³-hybridized carbons (Fsp3) is 0.300. The van der Waals surface area contributed by atoms with Gasteiger partial charge in [-0.15, -0.1) is 10.2 Å². The van der Waals surface area contributed by atoms with Crippen LogP contribution in [0, 0.1) is 0 Å². The molecule has 1 atom stereocenters. The van der Waals surface area contributed by atoms with E-state index in [0.717, 1.165) is 30.2 Å². The molecule has 134 valence electrons. The molecule has 0 spiro atoms. The Morgan fingerprint density at radius 3 is 2.58 bits per heavy atom. The summed E-state index contributed by atoms with van der Waals surface area (Å²) in [6, 6.07) is 17.5. The van der Waals surface area contributed by atoms with Gasteiger partial charge in [-0.25, -0.2) is 0 Å². The maximum absolute atomic E-state index is 6.04. The van der Waals surface area contributed by atoms with E-state index in [0.29, 0.717) is 24.9 Å². The molecule has 0 unspecified atom stereocenters. The van der Waals surface area contributed by atoms with Crippen LogP contribution in [0.15, 0.2) is 59.0 Å². The number of nitrogens with zero attached hydrogens (tertiary/aromatic N) is 3. The summed E-state index contributed by atoms with van der Waals surface area (Å²) in [4.78, 5) is 2.21. The monoisotopic (exact) mass is 351 g/mol. The quantitative estimate of drug-likeness (QED) is 0.678. The van der Waals surface area contributed by atoms with E-state index in [1.54, 1.807) is 0 Å². The Hall–Kier alpha value is -2.86. The van der Waals surface area contributed by atoms with Crippen molar-refractivity contribution in [2.75, 3.05) is 19.7 Å². The van der Waals surface area contributed by atoms with E-state index in [2.05, 4.69) is 22.0 Å². The van der Waals surface area contributed by atoms with Crippen molar-refractivity contribution in [2.24, 2.45) is 0 Å². The van der Waals surface area contributed by atoms with Gasteiger partial charge in [0.05, 0.1) is 6.54 Å². The standard InChI is InChI=1S/C20H21N3O3/c1-2-23(12-16-14-24-17-10-6-7-11-18(17)25-16)13-19-21-22-20(26-19)15-8-4-3-5-9-15/h3-11,16H,2,12-14H2,1H3/t16-/m0/s1. The normalized spacial score (nSPS) is 16.0. The van der Waals surface area contributed by atoms with Gasteiger partial charge in [0.25, 0.3) is 0 Å². The zero-order chi connectivity index (χ0) is 17.8. The third kappa shape index (κ3) is 3.70. The van der Waals surface area contributed by atoms with Gasteiger partial charge >= 0.3 is 0 Å². The summed E-state index contributed by atoms with van der Waals surface area (Å²) in [6.45, 7) is 4.80. The lowest BCUT2D eigenvalue weighted by Crippen LogP contribution is -2.40. The Balaban J connectivity index is 1.39. The van der Waals surface area contributed by atoms with Crippen LogP contribution in [0.4, 0.5) is 0 Å². The van der Waals surface area contributed by atoms with Crippen molar-refractivity contribution in [3.05, 3.63) is 60.5 Å². The first kappa shape index (κ1) is 16.6. The molecule has 0 saturated carbocycles. The number of rotatable bonds is 6. The molecule has 6 heteroatoms. The van der Waals surface area contributed by atoms with Gasteiger partial charge < -0.3 is 13.9 Å². The molecule has 1 aliphatic heterocycles. The first-order chi connectivity index (χ1) is 12.8. The Bertz CT molecular complexity index is 850. The van der Waals surface area contributed by atoms with Crippen LogP contribution in [0.25, 0.3) is 11.5 Å². The molecule has 0 amide bonds. The third-order valence-electron chi connectivity index (χ3n) is 4.32. The van der Waals surface area contributed by atoms with Gasteiger partial charge in [0, 0.05) is 12.1 Å². The molecule has 0 fully saturated rings. The van der Waals surface area contributed by atoms with Crippen LogP contribution in [-0.2, 0) is 6.54 Å². The van der Waals surface area contributed by atoms with Crippen LogP contribution in [0.5, 0.6) is 11.5 Å². The van der Waals surface area contributed by atoms with Crippen molar-refractivity contribution in [3.63, 3.8) is 0 Å². The lowest BCUT2D eigenvalue weighted by molar-refractivity contribution is 0.0558. The maximum atomic E-state index is 6.04. The lowest BCUT2D eigenvalue weighted by atomic mass is 10.2. The van der Waals surface area contributed by atoms with Crippen molar-refractivity contribution in [1.82, 2.24) is 15.1 Å². The molecular weight excluding hydrogens is 330 g/mol. The molecular formula is C20H21N3O3. The van der Waals surface area contributed by atoms with Crippen molar-refractivity contribution >= 4 is 0 Å². The predicted octanol–water partition coefficient (Wildman–Crippen LogP) is 3.40. The van der Waals surface area contributed by atoms with Gasteiger partial charge in [-0.1, -0.05) is 37.3 Å². The van der Waals surface area contributed by atoms with Crippen LogP contribution in [0.3, 0.4) is 0 Å². The van der Waals surface area contributed by atoms with Crippen LogP contribution < -0.4 is 9.47 Å². The number of aromatic nitrogens is 2. The molecule has 1 aromatic heterocycles. The van der Waals surface area contributed by atoms with Gasteiger partial charge in [-0.3, -0.25) is 4.90 Å². The summed E-state index contributed by atoms with van der Waals surface area (Å²) in [5.41, 5.74) is 0.926. The highest BCUT2D eigenvalue weighted by molar-refractivity contribution is 5.51. The highest BCUT2D eigenvalue weighted by atomic mass is 16.6. The molecule has 4 rings (SSSR count). The van der Waals surface area contributed by atoms with Crippen molar-refractivity contribution in [3.8, 4) is 23.0 Å². The van der Waals surface area contributed by atoms with Crippen LogP contribution in [0.1, 0.15) is 12.8 Å². The third-order valence-corrected chi connectivity index (χ3v) is 4.32. The molecule has 6 nitrogen and oxygen atoms in total. The van der Waals surface area contributed by atoms with E-state index >= 15 is 0 Å². The minimum atomic E-state index is -0.0265. The number of likely N-dealkylation sites (N-methyl/N-ethyl adjacent to an activating group) is 1. The fourth-order valence-electron chi connectivity index (χ4n) is 2.95. The Morgan fingerprint density at radius 1 is 1.00 bits per heavy atom. The summed E-state index contributed by atoms with van der Waals surface area (Å²) in [6.07, 6.45) is -0.0265. The highest BCUT2D eigenvalue weighted by Crippen LogP contribution is 2.31. The number of fused-ring (bicyclic) bond motifs is 1. The smallest absolute Gasteiger partial charge is 0.247 e. The van der Waals surface area contributed by atoms with Gasteiger partial charge in [-0.05, 0) is 30.8 Å². The molecule has 2 aromatic carbocycles. The number of hydrogen-bond acceptors (Lipinski definition) is 6. The van der Waals surface area contributed by atoms with E-state index in [9.17, 15) is 0 Å². The van der Waals surface area contributed by atoms with Gasteiger partial charge in [-0.2, -0.15) is 0 Å². The number of hydrogen-bond donors (Lipinski definition) is 0. The average molecular weight is 351 g/mol. The maximum Gasteiger partial charge on any atom is 0.247 e. The molecule has 0 aliphatic carbocycles. The minimum absolute atomic E-state index is 0.0265. The second-order valence-corrected chi connectivity index (χ2v) is 6.19. The summed E-state index contributed by atoms with van der Waals surface area (Å²) >= 11 is 0. The van der Waals surface area contributed by atoms with E-state index in [4.69, 9.17) is 13.9 Å². The molecule has 2 heterocycles. The second-order valence-electron chi connectivity index (χ2n) is 6.19. The average Bonchev–Trinajstić information content (AvgIpc) is 3.16. The van der Waals surface area contributed by atoms with Gasteiger partial charge in [0.15, 0.2) is 11.5 Å². The first-order valence-electron chi connectivity index (χ1n) is 8.80. The Morgan fingerprint density at radius 2 is 1.77 bits per heavy atom. The number of benzene rings is 2. The van der Waals surface area contributed by atoms with E-state index in [1.165, 1.54) is 0 Å². The topological polar surface area (TPSA) is 60.6 Å². The number of ether oxygens (including phenoxy) is 2. The van der Waals surface area contributed by atoms with Crippen molar-refractivity contribution < 1.29 is 13.9 Å². The second kappa shape index (κ2) is 7.58. The van der Waals surface area contributed by atoms with Crippen molar-refractivity contribution in [1.29, 1.82) is 0 Å². The molecule has 3 aromatic rings. The van der Waals surface area contributed by atoms with Crippen LogP contribution in [-0.4, -0.2) is 40.9 Å². The van der Waals surface area contributed by atoms with Crippen LogP contribution in [0.2, 0.25) is 0 Å². The van der Waals surface area contributed by atoms with Gasteiger partial charge in [0.1, 0.15) is 12.7 Å². The predicted molar refractivity (Wildman–Crippen MR) is 97.0 cm³/mol. The summed E-state index contributed by atoms with van der Waals surface area (Å²) < 4.78 is 17.6. The SMILES string of the molecule is CCN(Cc1nnc(-c2ccccc2)o1)C[C@H]1COc2ccccc2O1. The summed E-state index contributed by atoms with van der Waals surface area (Å²) in [5.74, 6) is 2.74. The molecule has 1 aliphatic rings. The molecule has 0 saturated heterocycles. The summed E-state index contributed by atoms with van der Waals surface area (Å²) in [7, 11) is 0. The van der Waals surface area contributed by atoms with E-state index < -0.39 is 0 Å². The zero-order valence-corrected chi connectivity index (χ0v) is 14.7. The number of para-hydroxylation sites is 2. The molecule has 0 radical (unpaired) electrons. The minimum Gasteiger partial charge on any atom is -0.486 e.